The van der Waals surface area contributed by atoms with Crippen LogP contribution in [0.2, 0.25) is 0 Å². The standard InChI is InChI=1S/C23H20N4O4/c1-15-5-7-16(8-6-15)21-25-22(31-26-21)19-4-3-13-27(19)14-20(28)24-18-11-9-17(10-12-18)23(29)30-2/h3-13H,14H2,1-2H3,(H,24,28). The number of aryl methyl sites for hydroxylation is 1. The molecular formula is C23H20N4O4. The molecule has 0 saturated heterocycles. The van der Waals surface area contributed by atoms with Crippen LogP contribution in [-0.2, 0) is 16.1 Å². The van der Waals surface area contributed by atoms with Crippen molar-refractivity contribution in [3.63, 3.8) is 0 Å². The minimum Gasteiger partial charge on any atom is -0.465 e. The maximum absolute atomic E-state index is 12.5. The zero-order valence-corrected chi connectivity index (χ0v) is 17.0. The van der Waals surface area contributed by atoms with E-state index in [-0.39, 0.29) is 12.5 Å². The smallest absolute Gasteiger partial charge is 0.337 e. The van der Waals surface area contributed by atoms with E-state index in [9.17, 15) is 9.59 Å². The van der Waals surface area contributed by atoms with Crippen LogP contribution in [0.3, 0.4) is 0 Å². The van der Waals surface area contributed by atoms with Crippen LogP contribution < -0.4 is 5.32 Å². The summed E-state index contributed by atoms with van der Waals surface area (Å²) in [4.78, 5) is 28.5. The molecule has 31 heavy (non-hydrogen) atoms. The molecule has 4 rings (SSSR count). The summed E-state index contributed by atoms with van der Waals surface area (Å²) in [5, 5.41) is 6.85. The van der Waals surface area contributed by atoms with Crippen LogP contribution in [0.25, 0.3) is 23.0 Å². The minimum atomic E-state index is -0.431. The lowest BCUT2D eigenvalue weighted by molar-refractivity contribution is -0.116. The summed E-state index contributed by atoms with van der Waals surface area (Å²) in [6.07, 6.45) is 1.77. The van der Waals surface area contributed by atoms with Crippen molar-refractivity contribution in [3.8, 4) is 23.0 Å². The fourth-order valence-corrected chi connectivity index (χ4v) is 3.06. The molecule has 1 N–H and O–H groups in total. The molecule has 2 aromatic carbocycles. The van der Waals surface area contributed by atoms with Crippen LogP contribution >= 0.6 is 0 Å². The Bertz CT molecular complexity index is 1210. The van der Waals surface area contributed by atoms with Crippen LogP contribution in [0, 0.1) is 6.92 Å². The number of nitrogens with one attached hydrogen (secondary N) is 1. The maximum Gasteiger partial charge on any atom is 0.337 e. The SMILES string of the molecule is COC(=O)c1ccc(NC(=O)Cn2cccc2-c2nc(-c3ccc(C)cc3)no2)cc1. The second kappa shape index (κ2) is 8.66. The highest BCUT2D eigenvalue weighted by molar-refractivity contribution is 5.93. The number of amides is 1. The molecule has 2 aromatic heterocycles. The molecule has 0 atom stereocenters. The molecule has 8 heteroatoms. The van der Waals surface area contributed by atoms with Gasteiger partial charge < -0.3 is 19.1 Å². The number of aromatic nitrogens is 3. The number of hydrogen-bond donors (Lipinski definition) is 1. The molecule has 0 spiro atoms. The molecule has 4 aromatic rings. The number of nitrogens with zero attached hydrogens (tertiary/aromatic N) is 3. The van der Waals surface area contributed by atoms with Gasteiger partial charge in [-0.2, -0.15) is 4.98 Å². The fraction of sp³-hybridized carbons (Fsp3) is 0.130. The Labute approximate surface area is 178 Å². The first-order valence-corrected chi connectivity index (χ1v) is 9.58. The third-order valence-electron chi connectivity index (χ3n) is 4.69. The van der Waals surface area contributed by atoms with Crippen molar-refractivity contribution >= 4 is 17.6 Å². The van der Waals surface area contributed by atoms with E-state index >= 15 is 0 Å². The molecular weight excluding hydrogens is 396 g/mol. The van der Waals surface area contributed by atoms with Crippen LogP contribution in [0.4, 0.5) is 5.69 Å². The zero-order valence-electron chi connectivity index (χ0n) is 17.0. The lowest BCUT2D eigenvalue weighted by Crippen LogP contribution is -2.18. The first-order valence-electron chi connectivity index (χ1n) is 9.58. The van der Waals surface area contributed by atoms with E-state index in [1.54, 1.807) is 35.0 Å². The van der Waals surface area contributed by atoms with Gasteiger partial charge in [0.05, 0.1) is 12.7 Å². The average molecular weight is 416 g/mol. The molecule has 0 aliphatic carbocycles. The van der Waals surface area contributed by atoms with E-state index in [2.05, 4.69) is 20.2 Å². The first-order chi connectivity index (χ1) is 15.0. The molecule has 2 heterocycles. The molecule has 1 amide bonds. The number of carbonyl (C=O) groups is 2. The largest absolute Gasteiger partial charge is 0.465 e. The fourth-order valence-electron chi connectivity index (χ4n) is 3.06. The zero-order chi connectivity index (χ0) is 21.8. The molecule has 0 aliphatic rings. The lowest BCUT2D eigenvalue weighted by atomic mass is 10.1. The number of methoxy groups -OCH3 is 1. The summed E-state index contributed by atoms with van der Waals surface area (Å²) >= 11 is 0. The summed E-state index contributed by atoms with van der Waals surface area (Å²) in [7, 11) is 1.32. The molecule has 0 unspecified atom stereocenters. The molecule has 156 valence electrons. The number of anilines is 1. The third-order valence-corrected chi connectivity index (χ3v) is 4.69. The predicted molar refractivity (Wildman–Crippen MR) is 114 cm³/mol. The Morgan fingerprint density at radius 2 is 1.81 bits per heavy atom. The van der Waals surface area contributed by atoms with Crippen LogP contribution in [0.1, 0.15) is 15.9 Å². The van der Waals surface area contributed by atoms with Crippen LogP contribution in [0.5, 0.6) is 0 Å². The Morgan fingerprint density at radius 3 is 2.52 bits per heavy atom. The van der Waals surface area contributed by atoms with Gasteiger partial charge in [0.1, 0.15) is 12.2 Å². The number of benzene rings is 2. The van der Waals surface area contributed by atoms with Crippen molar-refractivity contribution in [3.05, 3.63) is 78.0 Å². The van der Waals surface area contributed by atoms with Crippen LogP contribution in [0.15, 0.2) is 71.4 Å². The number of hydrogen-bond acceptors (Lipinski definition) is 6. The summed E-state index contributed by atoms with van der Waals surface area (Å²) in [6.45, 7) is 2.07. The Balaban J connectivity index is 1.46. The van der Waals surface area contributed by atoms with Gasteiger partial charge in [-0.15, -0.1) is 0 Å². The van der Waals surface area contributed by atoms with Gasteiger partial charge in [-0.25, -0.2) is 4.79 Å². The van der Waals surface area contributed by atoms with Crippen molar-refractivity contribution < 1.29 is 18.8 Å². The Hall–Kier alpha value is -4.20. The molecule has 0 fully saturated rings. The van der Waals surface area contributed by atoms with Gasteiger partial charge in [0.15, 0.2) is 0 Å². The molecule has 0 saturated carbocycles. The van der Waals surface area contributed by atoms with E-state index in [0.717, 1.165) is 11.1 Å². The van der Waals surface area contributed by atoms with E-state index in [1.165, 1.54) is 7.11 Å². The van der Waals surface area contributed by atoms with Crippen LogP contribution in [-0.4, -0.2) is 33.7 Å². The van der Waals surface area contributed by atoms with Gasteiger partial charge >= 0.3 is 5.97 Å². The van der Waals surface area contributed by atoms with E-state index in [4.69, 9.17) is 4.52 Å². The highest BCUT2D eigenvalue weighted by Gasteiger charge is 2.16. The van der Waals surface area contributed by atoms with Crippen molar-refractivity contribution in [1.82, 2.24) is 14.7 Å². The van der Waals surface area contributed by atoms with Gasteiger partial charge in [0.25, 0.3) is 5.89 Å². The quantitative estimate of drug-likeness (QED) is 0.478. The van der Waals surface area contributed by atoms with E-state index in [0.29, 0.717) is 28.7 Å². The van der Waals surface area contributed by atoms with Crippen molar-refractivity contribution in [2.45, 2.75) is 13.5 Å². The topological polar surface area (TPSA) is 99.2 Å². The molecule has 0 aliphatic heterocycles. The number of rotatable bonds is 6. The van der Waals surface area contributed by atoms with Crippen molar-refractivity contribution in [2.24, 2.45) is 0 Å². The normalized spacial score (nSPS) is 10.6. The number of ether oxygens (including phenoxy) is 1. The molecule has 0 radical (unpaired) electrons. The summed E-state index contributed by atoms with van der Waals surface area (Å²) in [5.74, 6) is 0.148. The van der Waals surface area contributed by atoms with Gasteiger partial charge in [-0.05, 0) is 43.3 Å². The summed E-state index contributed by atoms with van der Waals surface area (Å²) in [5.41, 5.74) is 3.63. The minimum absolute atomic E-state index is 0.0589. The average Bonchev–Trinajstić information content (AvgIpc) is 3.43. The number of carbonyl (C=O) groups excluding carboxylic acids is 2. The van der Waals surface area contributed by atoms with Gasteiger partial charge in [0.2, 0.25) is 11.7 Å². The summed E-state index contributed by atoms with van der Waals surface area (Å²) in [6, 6.07) is 17.9. The maximum atomic E-state index is 12.5. The lowest BCUT2D eigenvalue weighted by Gasteiger charge is -2.08. The molecule has 8 nitrogen and oxygen atoms in total. The third kappa shape index (κ3) is 4.53. The van der Waals surface area contributed by atoms with Gasteiger partial charge in [-0.1, -0.05) is 35.0 Å². The monoisotopic (exact) mass is 416 g/mol. The van der Waals surface area contributed by atoms with Crippen molar-refractivity contribution in [1.29, 1.82) is 0 Å². The highest BCUT2D eigenvalue weighted by Crippen LogP contribution is 2.23. The van der Waals surface area contributed by atoms with E-state index < -0.39 is 5.97 Å². The number of esters is 1. The van der Waals surface area contributed by atoms with Crippen molar-refractivity contribution in [2.75, 3.05) is 12.4 Å². The Morgan fingerprint density at radius 1 is 1.06 bits per heavy atom. The highest BCUT2D eigenvalue weighted by atomic mass is 16.5. The Kier molecular flexibility index (Phi) is 5.61. The second-order valence-corrected chi connectivity index (χ2v) is 6.93. The first kappa shape index (κ1) is 20.1. The second-order valence-electron chi connectivity index (χ2n) is 6.93. The molecule has 0 bridgehead atoms. The summed E-state index contributed by atoms with van der Waals surface area (Å²) < 4.78 is 11.8. The van der Waals surface area contributed by atoms with Gasteiger partial charge in [0, 0.05) is 17.4 Å². The predicted octanol–water partition coefficient (Wildman–Crippen LogP) is 3.94. The van der Waals surface area contributed by atoms with Gasteiger partial charge in [-0.3, -0.25) is 4.79 Å². The van der Waals surface area contributed by atoms with E-state index in [1.807, 2.05) is 43.3 Å².